The summed E-state index contributed by atoms with van der Waals surface area (Å²) in [6.45, 7) is 2.19. The second-order valence-electron chi connectivity index (χ2n) is 4.67. The highest BCUT2D eigenvalue weighted by molar-refractivity contribution is 5.77. The van der Waals surface area contributed by atoms with Gasteiger partial charge in [0, 0.05) is 19.0 Å². The van der Waals surface area contributed by atoms with Gasteiger partial charge in [-0.25, -0.2) is 0 Å². The van der Waals surface area contributed by atoms with E-state index in [0.29, 0.717) is 12.3 Å². The number of amides is 1. The van der Waals surface area contributed by atoms with Crippen molar-refractivity contribution in [1.82, 2.24) is 15.1 Å². The minimum atomic E-state index is -4.47. The fourth-order valence-corrected chi connectivity index (χ4v) is 1.95. The number of rotatable bonds is 3. The molecule has 1 aliphatic rings. The summed E-state index contributed by atoms with van der Waals surface area (Å²) >= 11 is 0. The lowest BCUT2D eigenvalue weighted by molar-refractivity contribution is -0.160. The summed E-state index contributed by atoms with van der Waals surface area (Å²) in [5, 5.41) is 7.63. The predicted octanol–water partition coefficient (Wildman–Crippen LogP) is 1.72. The Bertz CT molecular complexity index is 476. The number of nitrogens with zero attached hydrogens (tertiary/aromatic N) is 3. The number of aryl methyl sites for hydroxylation is 1. The molecular weight excluding hydrogens is 275 g/mol. The molecule has 0 radical (unpaired) electrons. The Kier molecular flexibility index (Phi) is 4.10. The maximum atomic E-state index is 12.1. The lowest BCUT2D eigenvalue weighted by Crippen LogP contribution is -2.34. The highest BCUT2D eigenvalue weighted by Gasteiger charge is 2.36. The molecule has 0 aromatic carbocycles. The lowest BCUT2D eigenvalue weighted by atomic mass is 10.3. The van der Waals surface area contributed by atoms with Crippen molar-refractivity contribution in [3.05, 3.63) is 17.8 Å². The Morgan fingerprint density at radius 1 is 1.45 bits per heavy atom. The molecule has 0 bridgehead atoms. The number of carbonyl (C=O) groups is 1. The number of likely N-dealkylation sites (tertiary alicyclic amines) is 1. The van der Waals surface area contributed by atoms with E-state index in [1.54, 1.807) is 19.1 Å². The molecule has 1 aromatic rings. The molecule has 1 saturated heterocycles. The number of hydrogen-bond acceptors (Lipinski definition) is 4. The third kappa shape index (κ3) is 4.07. The van der Waals surface area contributed by atoms with Crippen molar-refractivity contribution in [2.45, 2.75) is 32.0 Å². The molecule has 1 amide bonds. The summed E-state index contributed by atoms with van der Waals surface area (Å²) in [5.41, 5.74) is 0.741. The Morgan fingerprint density at radius 2 is 2.20 bits per heavy atom. The second kappa shape index (κ2) is 5.64. The van der Waals surface area contributed by atoms with Gasteiger partial charge in [-0.15, -0.1) is 5.10 Å². The molecule has 0 saturated carbocycles. The Hall–Kier alpha value is -1.86. The molecule has 0 unspecified atom stereocenters. The summed E-state index contributed by atoms with van der Waals surface area (Å²) < 4.78 is 41.9. The highest BCUT2D eigenvalue weighted by Crippen LogP contribution is 2.23. The van der Waals surface area contributed by atoms with Crippen molar-refractivity contribution in [3.8, 4) is 5.88 Å². The van der Waals surface area contributed by atoms with Crippen LogP contribution in [0.4, 0.5) is 13.2 Å². The molecule has 0 spiro atoms. The first-order valence-corrected chi connectivity index (χ1v) is 6.15. The SMILES string of the molecule is Cc1ccc(O[C@@H]2CCN(C(=O)CC(F)(F)F)C2)nn1. The molecule has 1 aliphatic heterocycles. The van der Waals surface area contributed by atoms with Crippen LogP contribution >= 0.6 is 0 Å². The van der Waals surface area contributed by atoms with Crippen molar-refractivity contribution in [2.75, 3.05) is 13.1 Å². The van der Waals surface area contributed by atoms with Crippen LogP contribution in [0.3, 0.4) is 0 Å². The van der Waals surface area contributed by atoms with Crippen LogP contribution in [0.2, 0.25) is 0 Å². The highest BCUT2D eigenvalue weighted by atomic mass is 19.4. The van der Waals surface area contributed by atoms with Crippen LogP contribution in [0.15, 0.2) is 12.1 Å². The van der Waals surface area contributed by atoms with E-state index in [1.165, 1.54) is 4.90 Å². The third-order valence-corrected chi connectivity index (χ3v) is 2.91. The van der Waals surface area contributed by atoms with E-state index < -0.39 is 18.5 Å². The van der Waals surface area contributed by atoms with Crippen LogP contribution in [-0.2, 0) is 4.79 Å². The van der Waals surface area contributed by atoms with Crippen molar-refractivity contribution in [3.63, 3.8) is 0 Å². The fourth-order valence-electron chi connectivity index (χ4n) is 1.95. The number of halogens is 3. The van der Waals surface area contributed by atoms with Gasteiger partial charge in [-0.3, -0.25) is 4.79 Å². The topological polar surface area (TPSA) is 55.3 Å². The number of carbonyl (C=O) groups excluding carboxylic acids is 1. The van der Waals surface area contributed by atoms with Gasteiger partial charge in [0.2, 0.25) is 11.8 Å². The van der Waals surface area contributed by atoms with Crippen LogP contribution in [-0.4, -0.2) is 46.4 Å². The number of hydrogen-bond donors (Lipinski definition) is 0. The molecule has 2 heterocycles. The van der Waals surface area contributed by atoms with E-state index in [9.17, 15) is 18.0 Å². The van der Waals surface area contributed by atoms with Crippen molar-refractivity contribution < 1.29 is 22.7 Å². The van der Waals surface area contributed by atoms with E-state index in [1.807, 2.05) is 0 Å². The molecule has 2 rings (SSSR count). The normalized spacial score (nSPS) is 19.2. The maximum absolute atomic E-state index is 12.1. The molecule has 0 N–H and O–H groups in total. The van der Waals surface area contributed by atoms with Crippen molar-refractivity contribution in [1.29, 1.82) is 0 Å². The van der Waals surface area contributed by atoms with Gasteiger partial charge in [-0.05, 0) is 13.0 Å². The molecule has 8 heteroatoms. The molecule has 5 nitrogen and oxygen atoms in total. The van der Waals surface area contributed by atoms with Gasteiger partial charge in [-0.2, -0.15) is 18.3 Å². The van der Waals surface area contributed by atoms with Crippen LogP contribution in [0.5, 0.6) is 5.88 Å². The van der Waals surface area contributed by atoms with E-state index in [4.69, 9.17) is 4.74 Å². The smallest absolute Gasteiger partial charge is 0.397 e. The van der Waals surface area contributed by atoms with Gasteiger partial charge < -0.3 is 9.64 Å². The van der Waals surface area contributed by atoms with Gasteiger partial charge in [0.25, 0.3) is 0 Å². The number of alkyl halides is 3. The minimum absolute atomic E-state index is 0.143. The van der Waals surface area contributed by atoms with Crippen LogP contribution in [0.1, 0.15) is 18.5 Å². The second-order valence-corrected chi connectivity index (χ2v) is 4.67. The first kappa shape index (κ1) is 14.5. The van der Waals surface area contributed by atoms with E-state index in [0.717, 1.165) is 5.69 Å². The zero-order chi connectivity index (χ0) is 14.8. The van der Waals surface area contributed by atoms with Crippen molar-refractivity contribution >= 4 is 5.91 Å². The quantitative estimate of drug-likeness (QED) is 0.850. The summed E-state index contributed by atoms with van der Waals surface area (Å²) in [7, 11) is 0. The number of aromatic nitrogens is 2. The molecule has 1 atom stereocenters. The van der Waals surface area contributed by atoms with Gasteiger partial charge in [0.05, 0.1) is 12.2 Å². The molecule has 0 aliphatic carbocycles. The average molecular weight is 289 g/mol. The average Bonchev–Trinajstić information content (AvgIpc) is 2.79. The third-order valence-electron chi connectivity index (χ3n) is 2.91. The number of ether oxygens (including phenoxy) is 1. The van der Waals surface area contributed by atoms with Gasteiger partial charge in [-0.1, -0.05) is 0 Å². The fraction of sp³-hybridized carbons (Fsp3) is 0.583. The Morgan fingerprint density at radius 3 is 2.80 bits per heavy atom. The van der Waals surface area contributed by atoms with Gasteiger partial charge in [0.1, 0.15) is 12.5 Å². The zero-order valence-corrected chi connectivity index (χ0v) is 10.9. The first-order valence-electron chi connectivity index (χ1n) is 6.15. The summed E-state index contributed by atoms with van der Waals surface area (Å²) in [4.78, 5) is 12.6. The molecule has 1 fully saturated rings. The van der Waals surface area contributed by atoms with Crippen LogP contribution in [0.25, 0.3) is 0 Å². The Labute approximate surface area is 113 Å². The van der Waals surface area contributed by atoms with Gasteiger partial charge >= 0.3 is 6.18 Å². The molecular formula is C12H14F3N3O2. The zero-order valence-electron chi connectivity index (χ0n) is 10.9. The minimum Gasteiger partial charge on any atom is -0.471 e. The summed E-state index contributed by atoms with van der Waals surface area (Å²) in [6.07, 6.45) is -5.76. The maximum Gasteiger partial charge on any atom is 0.397 e. The lowest BCUT2D eigenvalue weighted by Gasteiger charge is -2.17. The summed E-state index contributed by atoms with van der Waals surface area (Å²) in [6, 6.07) is 3.37. The first-order chi connectivity index (χ1) is 9.33. The van der Waals surface area contributed by atoms with Crippen LogP contribution in [0, 0.1) is 6.92 Å². The largest absolute Gasteiger partial charge is 0.471 e. The van der Waals surface area contributed by atoms with E-state index >= 15 is 0 Å². The van der Waals surface area contributed by atoms with E-state index in [-0.39, 0.29) is 19.2 Å². The predicted molar refractivity (Wildman–Crippen MR) is 63.1 cm³/mol. The summed E-state index contributed by atoms with van der Waals surface area (Å²) in [5.74, 6) is -0.607. The molecule has 1 aromatic heterocycles. The standard InChI is InChI=1S/C12H14F3N3O2/c1-8-2-3-10(17-16-8)20-9-4-5-18(7-9)11(19)6-12(13,14)15/h2-3,9H,4-7H2,1H3/t9-/m1/s1. The molecule has 20 heavy (non-hydrogen) atoms. The molecule has 110 valence electrons. The van der Waals surface area contributed by atoms with E-state index in [2.05, 4.69) is 10.2 Å². The van der Waals surface area contributed by atoms with Crippen LogP contribution < -0.4 is 4.74 Å². The monoisotopic (exact) mass is 289 g/mol. The van der Waals surface area contributed by atoms with Gasteiger partial charge in [0.15, 0.2) is 0 Å². The Balaban J connectivity index is 1.86. The van der Waals surface area contributed by atoms with Crippen molar-refractivity contribution in [2.24, 2.45) is 0 Å².